The molecule has 1 amide bonds. The maximum absolute atomic E-state index is 12.1. The molecule has 3 nitrogen and oxygen atoms in total. The van der Waals surface area contributed by atoms with Crippen molar-refractivity contribution in [3.8, 4) is 0 Å². The van der Waals surface area contributed by atoms with Crippen LogP contribution in [-0.4, -0.2) is 23.9 Å². The molecule has 1 heterocycles. The van der Waals surface area contributed by atoms with Gasteiger partial charge in [-0.05, 0) is 18.4 Å². The lowest BCUT2D eigenvalue weighted by atomic mass is 10.0. The smallest absolute Gasteiger partial charge is 0.238 e. The first-order chi connectivity index (χ1) is 9.15. The van der Waals surface area contributed by atoms with Crippen molar-refractivity contribution in [3.05, 3.63) is 35.4 Å². The summed E-state index contributed by atoms with van der Waals surface area (Å²) < 4.78 is 0. The van der Waals surface area contributed by atoms with Crippen molar-refractivity contribution in [1.29, 1.82) is 0 Å². The van der Waals surface area contributed by atoms with Gasteiger partial charge in [-0.25, -0.2) is 0 Å². The van der Waals surface area contributed by atoms with Gasteiger partial charge >= 0.3 is 0 Å². The van der Waals surface area contributed by atoms with E-state index in [2.05, 4.69) is 50.4 Å². The molecule has 0 bridgehead atoms. The summed E-state index contributed by atoms with van der Waals surface area (Å²) in [6.45, 7) is 7.80. The van der Waals surface area contributed by atoms with Gasteiger partial charge in [0.15, 0.2) is 0 Å². The summed E-state index contributed by atoms with van der Waals surface area (Å²) in [6.07, 6.45) is 2.30. The standard InChI is InChI=1S/C16H24N2O/c1-4-13(5-2)11-18-15(19)10-17-16(18)14-8-6-7-12(3)9-14/h6-9,13,16-17H,4-5,10-11H2,1-3H3. The van der Waals surface area contributed by atoms with Crippen LogP contribution < -0.4 is 5.32 Å². The molecule has 1 unspecified atom stereocenters. The van der Waals surface area contributed by atoms with E-state index in [9.17, 15) is 4.79 Å². The zero-order chi connectivity index (χ0) is 13.8. The first-order valence-corrected chi connectivity index (χ1v) is 7.25. The molecule has 0 spiro atoms. The van der Waals surface area contributed by atoms with Crippen LogP contribution in [-0.2, 0) is 4.79 Å². The zero-order valence-corrected chi connectivity index (χ0v) is 12.1. The minimum atomic E-state index is 0.0491. The van der Waals surface area contributed by atoms with Crippen LogP contribution in [0.2, 0.25) is 0 Å². The van der Waals surface area contributed by atoms with E-state index in [1.807, 2.05) is 4.90 Å². The fourth-order valence-corrected chi connectivity index (χ4v) is 2.71. The maximum Gasteiger partial charge on any atom is 0.238 e. The van der Waals surface area contributed by atoms with Crippen molar-refractivity contribution in [1.82, 2.24) is 10.2 Å². The predicted octanol–water partition coefficient (Wildman–Crippen LogP) is 2.86. The monoisotopic (exact) mass is 260 g/mol. The lowest BCUT2D eigenvalue weighted by Gasteiger charge is -2.28. The van der Waals surface area contributed by atoms with Gasteiger partial charge in [-0.3, -0.25) is 10.1 Å². The van der Waals surface area contributed by atoms with E-state index in [0.717, 1.165) is 19.4 Å². The largest absolute Gasteiger partial charge is 0.322 e. The molecule has 1 aliphatic heterocycles. The highest BCUT2D eigenvalue weighted by atomic mass is 16.2. The molecule has 0 aromatic heterocycles. The Bertz CT molecular complexity index is 440. The fraction of sp³-hybridized carbons (Fsp3) is 0.562. The number of amides is 1. The minimum Gasteiger partial charge on any atom is -0.322 e. The molecule has 1 N–H and O–H groups in total. The minimum absolute atomic E-state index is 0.0491. The van der Waals surface area contributed by atoms with Crippen LogP contribution in [0.3, 0.4) is 0 Å². The molecule has 0 aliphatic carbocycles. The molecule has 0 radical (unpaired) electrons. The lowest BCUT2D eigenvalue weighted by molar-refractivity contribution is -0.128. The van der Waals surface area contributed by atoms with Crippen molar-refractivity contribution in [2.45, 2.75) is 39.8 Å². The molecular weight excluding hydrogens is 236 g/mol. The number of nitrogens with zero attached hydrogens (tertiary/aromatic N) is 1. The molecule has 104 valence electrons. The van der Waals surface area contributed by atoms with E-state index in [-0.39, 0.29) is 12.1 Å². The molecule has 1 saturated heterocycles. The van der Waals surface area contributed by atoms with Crippen LogP contribution in [0, 0.1) is 12.8 Å². The Kier molecular flexibility index (Phi) is 4.59. The van der Waals surface area contributed by atoms with E-state index in [1.165, 1.54) is 11.1 Å². The number of carbonyl (C=O) groups excluding carboxylic acids is 1. The number of rotatable bonds is 5. The molecule has 0 saturated carbocycles. The molecule has 19 heavy (non-hydrogen) atoms. The number of aryl methyl sites for hydroxylation is 1. The Morgan fingerprint density at radius 2 is 2.11 bits per heavy atom. The summed E-state index contributed by atoms with van der Waals surface area (Å²) >= 11 is 0. The normalized spacial score (nSPS) is 19.5. The van der Waals surface area contributed by atoms with Gasteiger partial charge in [0.2, 0.25) is 5.91 Å². The van der Waals surface area contributed by atoms with Gasteiger partial charge in [0.25, 0.3) is 0 Å². The Morgan fingerprint density at radius 1 is 1.37 bits per heavy atom. The zero-order valence-electron chi connectivity index (χ0n) is 12.1. The topological polar surface area (TPSA) is 32.3 Å². The average Bonchev–Trinajstić information content (AvgIpc) is 2.77. The Labute approximate surface area is 116 Å². The highest BCUT2D eigenvalue weighted by molar-refractivity contribution is 5.81. The second-order valence-corrected chi connectivity index (χ2v) is 5.43. The summed E-state index contributed by atoms with van der Waals surface area (Å²) in [4.78, 5) is 14.1. The van der Waals surface area contributed by atoms with Gasteiger partial charge in [0, 0.05) is 6.54 Å². The van der Waals surface area contributed by atoms with Crippen molar-refractivity contribution >= 4 is 5.91 Å². The maximum atomic E-state index is 12.1. The van der Waals surface area contributed by atoms with Crippen LogP contribution in [0.4, 0.5) is 0 Å². The van der Waals surface area contributed by atoms with Crippen LogP contribution in [0.15, 0.2) is 24.3 Å². The van der Waals surface area contributed by atoms with Gasteiger partial charge in [0.1, 0.15) is 6.17 Å². The van der Waals surface area contributed by atoms with E-state index < -0.39 is 0 Å². The molecule has 2 rings (SSSR count). The first kappa shape index (κ1) is 14.1. The average molecular weight is 260 g/mol. The van der Waals surface area contributed by atoms with Crippen molar-refractivity contribution < 1.29 is 4.79 Å². The summed E-state index contributed by atoms with van der Waals surface area (Å²) in [6, 6.07) is 8.41. The summed E-state index contributed by atoms with van der Waals surface area (Å²) in [5.74, 6) is 0.814. The summed E-state index contributed by atoms with van der Waals surface area (Å²) in [7, 11) is 0. The lowest BCUT2D eigenvalue weighted by Crippen LogP contribution is -2.34. The van der Waals surface area contributed by atoms with Crippen molar-refractivity contribution in [3.63, 3.8) is 0 Å². The Balaban J connectivity index is 2.17. The Morgan fingerprint density at radius 3 is 2.74 bits per heavy atom. The summed E-state index contributed by atoms with van der Waals surface area (Å²) in [5, 5.41) is 3.33. The molecule has 1 aromatic rings. The number of nitrogens with one attached hydrogen (secondary N) is 1. The predicted molar refractivity (Wildman–Crippen MR) is 77.7 cm³/mol. The summed E-state index contributed by atoms with van der Waals surface area (Å²) in [5.41, 5.74) is 2.43. The molecule has 1 atom stereocenters. The highest BCUT2D eigenvalue weighted by Gasteiger charge is 2.32. The first-order valence-electron chi connectivity index (χ1n) is 7.25. The second-order valence-electron chi connectivity index (χ2n) is 5.43. The van der Waals surface area contributed by atoms with Gasteiger partial charge in [-0.15, -0.1) is 0 Å². The van der Waals surface area contributed by atoms with Crippen LogP contribution in [0.5, 0.6) is 0 Å². The number of hydrogen-bond acceptors (Lipinski definition) is 2. The Hall–Kier alpha value is -1.35. The third-order valence-corrected chi connectivity index (χ3v) is 4.05. The van der Waals surface area contributed by atoms with E-state index in [1.54, 1.807) is 0 Å². The number of hydrogen-bond donors (Lipinski definition) is 1. The molecule has 3 heteroatoms. The third-order valence-electron chi connectivity index (χ3n) is 4.05. The van der Waals surface area contributed by atoms with Crippen molar-refractivity contribution in [2.24, 2.45) is 5.92 Å². The van der Waals surface area contributed by atoms with Crippen molar-refractivity contribution in [2.75, 3.05) is 13.1 Å². The molecule has 1 fully saturated rings. The molecular formula is C16H24N2O. The van der Waals surface area contributed by atoms with Crippen LogP contribution in [0.1, 0.15) is 44.0 Å². The van der Waals surface area contributed by atoms with Crippen LogP contribution in [0.25, 0.3) is 0 Å². The highest BCUT2D eigenvalue weighted by Crippen LogP contribution is 2.25. The van der Waals surface area contributed by atoms with Crippen LogP contribution >= 0.6 is 0 Å². The van der Waals surface area contributed by atoms with Gasteiger partial charge < -0.3 is 4.90 Å². The second kappa shape index (κ2) is 6.20. The number of carbonyl (C=O) groups is 1. The van der Waals surface area contributed by atoms with E-state index >= 15 is 0 Å². The number of benzene rings is 1. The van der Waals surface area contributed by atoms with E-state index in [0.29, 0.717) is 12.5 Å². The molecule has 1 aliphatic rings. The molecule has 1 aromatic carbocycles. The van der Waals surface area contributed by atoms with Gasteiger partial charge in [-0.1, -0.05) is 56.5 Å². The van der Waals surface area contributed by atoms with Gasteiger partial charge in [0.05, 0.1) is 6.54 Å². The fourth-order valence-electron chi connectivity index (χ4n) is 2.71. The third kappa shape index (κ3) is 3.16. The SMILES string of the molecule is CCC(CC)CN1C(=O)CNC1c1cccc(C)c1. The van der Waals surface area contributed by atoms with E-state index in [4.69, 9.17) is 0 Å². The quantitative estimate of drug-likeness (QED) is 0.883. The van der Waals surface area contributed by atoms with Gasteiger partial charge in [-0.2, -0.15) is 0 Å².